The lowest BCUT2D eigenvalue weighted by Crippen LogP contribution is -2.12. The Morgan fingerprint density at radius 3 is 2.78 bits per heavy atom. The van der Waals surface area contributed by atoms with Crippen molar-refractivity contribution in [1.82, 2.24) is 5.32 Å². The second-order valence-corrected chi connectivity index (χ2v) is 4.05. The highest BCUT2D eigenvalue weighted by Gasteiger charge is 2.16. The second-order valence-electron chi connectivity index (χ2n) is 4.05. The molecule has 0 bridgehead atoms. The van der Waals surface area contributed by atoms with Crippen LogP contribution in [0.2, 0.25) is 0 Å². The lowest BCUT2D eigenvalue weighted by atomic mass is 10.1. The summed E-state index contributed by atoms with van der Waals surface area (Å²) in [5.41, 5.74) is 1.88. The average Bonchev–Trinajstić information content (AvgIpc) is 2.75. The fourth-order valence-corrected chi connectivity index (χ4v) is 2.04. The van der Waals surface area contributed by atoms with Gasteiger partial charge in [-0.3, -0.25) is 0 Å². The second kappa shape index (κ2) is 5.89. The van der Waals surface area contributed by atoms with Crippen LogP contribution < -0.4 is 10.1 Å². The van der Waals surface area contributed by atoms with Crippen LogP contribution in [0.25, 0.3) is 11.0 Å². The Bertz CT molecular complexity index is 519. The number of fused-ring (bicyclic) bond motifs is 1. The molecule has 2 aromatic rings. The summed E-state index contributed by atoms with van der Waals surface area (Å²) < 4.78 is 16.5. The Morgan fingerprint density at radius 2 is 2.11 bits per heavy atom. The van der Waals surface area contributed by atoms with Gasteiger partial charge in [0.05, 0.1) is 20.3 Å². The number of para-hydroxylation sites is 1. The first-order chi connectivity index (χ1) is 8.81. The van der Waals surface area contributed by atoms with Crippen LogP contribution >= 0.6 is 0 Å². The molecule has 0 amide bonds. The predicted molar refractivity (Wildman–Crippen MR) is 70.9 cm³/mol. The first kappa shape index (κ1) is 12.9. The number of furan rings is 1. The van der Waals surface area contributed by atoms with Crippen molar-refractivity contribution in [2.75, 3.05) is 20.8 Å². The predicted octanol–water partition coefficient (Wildman–Crippen LogP) is 2.70. The molecule has 18 heavy (non-hydrogen) atoms. The fourth-order valence-electron chi connectivity index (χ4n) is 2.04. The molecule has 0 fully saturated rings. The van der Waals surface area contributed by atoms with E-state index in [1.807, 2.05) is 18.2 Å². The molecule has 0 spiro atoms. The number of ether oxygens (including phenoxy) is 2. The summed E-state index contributed by atoms with van der Waals surface area (Å²) in [6.45, 7) is 4.22. The molecule has 0 aliphatic rings. The van der Waals surface area contributed by atoms with Crippen LogP contribution in [-0.2, 0) is 17.9 Å². The smallest absolute Gasteiger partial charge is 0.176 e. The number of methoxy groups -OCH3 is 2. The number of nitrogens with one attached hydrogen (secondary N) is 1. The van der Waals surface area contributed by atoms with E-state index in [9.17, 15) is 0 Å². The summed E-state index contributed by atoms with van der Waals surface area (Å²) in [5, 5.41) is 4.33. The molecule has 0 atom stereocenters. The average molecular weight is 249 g/mol. The molecular formula is C14H19NO3. The van der Waals surface area contributed by atoms with Gasteiger partial charge in [0.1, 0.15) is 5.76 Å². The van der Waals surface area contributed by atoms with Crippen LogP contribution in [0.15, 0.2) is 22.6 Å². The van der Waals surface area contributed by atoms with Crippen molar-refractivity contribution < 1.29 is 13.9 Å². The Morgan fingerprint density at radius 1 is 1.28 bits per heavy atom. The van der Waals surface area contributed by atoms with E-state index in [4.69, 9.17) is 13.9 Å². The van der Waals surface area contributed by atoms with Gasteiger partial charge in [-0.1, -0.05) is 19.1 Å². The van der Waals surface area contributed by atoms with Gasteiger partial charge >= 0.3 is 0 Å². The number of hydrogen-bond donors (Lipinski definition) is 1. The topological polar surface area (TPSA) is 43.6 Å². The monoisotopic (exact) mass is 249 g/mol. The Kier molecular flexibility index (Phi) is 4.23. The maximum absolute atomic E-state index is 5.91. The lowest BCUT2D eigenvalue weighted by molar-refractivity contribution is 0.183. The highest BCUT2D eigenvalue weighted by atomic mass is 16.5. The van der Waals surface area contributed by atoms with Gasteiger partial charge in [-0.25, -0.2) is 0 Å². The van der Waals surface area contributed by atoms with Crippen LogP contribution in [0.5, 0.6) is 5.75 Å². The first-order valence-corrected chi connectivity index (χ1v) is 6.08. The van der Waals surface area contributed by atoms with Gasteiger partial charge in [-0.05, 0) is 12.6 Å². The SMILES string of the molecule is CCNCc1oc2c(OC)cccc2c1COC. The minimum Gasteiger partial charge on any atom is -0.493 e. The van der Waals surface area contributed by atoms with Crippen molar-refractivity contribution in [2.45, 2.75) is 20.1 Å². The van der Waals surface area contributed by atoms with Crippen molar-refractivity contribution in [1.29, 1.82) is 0 Å². The van der Waals surface area contributed by atoms with Gasteiger partial charge in [0, 0.05) is 18.1 Å². The van der Waals surface area contributed by atoms with E-state index in [1.54, 1.807) is 14.2 Å². The van der Waals surface area contributed by atoms with Gasteiger partial charge in [-0.15, -0.1) is 0 Å². The third kappa shape index (κ3) is 2.35. The van der Waals surface area contributed by atoms with Crippen LogP contribution in [0.1, 0.15) is 18.2 Å². The number of benzene rings is 1. The molecule has 0 saturated carbocycles. The third-order valence-electron chi connectivity index (χ3n) is 2.91. The standard InChI is InChI=1S/C14H19NO3/c1-4-15-8-13-11(9-16-2)10-6-5-7-12(17-3)14(10)18-13/h5-7,15H,4,8-9H2,1-3H3. The molecule has 0 saturated heterocycles. The van der Waals surface area contributed by atoms with Crippen molar-refractivity contribution in [2.24, 2.45) is 0 Å². The van der Waals surface area contributed by atoms with Crippen molar-refractivity contribution in [3.8, 4) is 5.75 Å². The lowest BCUT2D eigenvalue weighted by Gasteiger charge is -2.02. The third-order valence-corrected chi connectivity index (χ3v) is 2.91. The number of hydrogen-bond acceptors (Lipinski definition) is 4. The summed E-state index contributed by atoms with van der Waals surface area (Å²) in [6.07, 6.45) is 0. The summed E-state index contributed by atoms with van der Waals surface area (Å²) in [6, 6.07) is 5.90. The van der Waals surface area contributed by atoms with Crippen LogP contribution in [0, 0.1) is 0 Å². The van der Waals surface area contributed by atoms with Gasteiger partial charge in [0.15, 0.2) is 11.3 Å². The molecular weight excluding hydrogens is 230 g/mol. The molecule has 98 valence electrons. The Labute approximate surface area is 107 Å². The molecule has 4 heteroatoms. The molecule has 1 aromatic heterocycles. The zero-order chi connectivity index (χ0) is 13.0. The molecule has 4 nitrogen and oxygen atoms in total. The molecule has 0 unspecified atom stereocenters. The largest absolute Gasteiger partial charge is 0.493 e. The minimum atomic E-state index is 0.543. The van der Waals surface area contributed by atoms with Crippen LogP contribution in [0.3, 0.4) is 0 Å². The molecule has 1 heterocycles. The first-order valence-electron chi connectivity index (χ1n) is 6.08. The van der Waals surface area contributed by atoms with Crippen LogP contribution in [-0.4, -0.2) is 20.8 Å². The van der Waals surface area contributed by atoms with E-state index in [0.29, 0.717) is 13.2 Å². The zero-order valence-electron chi connectivity index (χ0n) is 11.1. The molecule has 1 N–H and O–H groups in total. The van der Waals surface area contributed by atoms with Crippen LogP contribution in [0.4, 0.5) is 0 Å². The quantitative estimate of drug-likeness (QED) is 0.854. The summed E-state index contributed by atoms with van der Waals surface area (Å²) in [5.74, 6) is 1.67. The Balaban J connectivity index is 2.51. The van der Waals surface area contributed by atoms with E-state index < -0.39 is 0 Å². The van der Waals surface area contributed by atoms with E-state index in [2.05, 4.69) is 12.2 Å². The Hall–Kier alpha value is -1.52. The van der Waals surface area contributed by atoms with E-state index in [0.717, 1.165) is 34.6 Å². The van der Waals surface area contributed by atoms with E-state index >= 15 is 0 Å². The molecule has 1 aromatic carbocycles. The van der Waals surface area contributed by atoms with Gasteiger partial charge in [0.25, 0.3) is 0 Å². The number of rotatable bonds is 6. The van der Waals surface area contributed by atoms with Gasteiger partial charge < -0.3 is 19.2 Å². The van der Waals surface area contributed by atoms with Gasteiger partial charge in [0.2, 0.25) is 0 Å². The molecule has 0 radical (unpaired) electrons. The summed E-state index contributed by atoms with van der Waals surface area (Å²) in [4.78, 5) is 0. The van der Waals surface area contributed by atoms with Crippen molar-refractivity contribution in [3.63, 3.8) is 0 Å². The highest BCUT2D eigenvalue weighted by molar-refractivity contribution is 5.87. The molecule has 0 aliphatic heterocycles. The van der Waals surface area contributed by atoms with Crippen molar-refractivity contribution >= 4 is 11.0 Å². The molecule has 2 rings (SSSR count). The highest BCUT2D eigenvalue weighted by Crippen LogP contribution is 2.33. The maximum Gasteiger partial charge on any atom is 0.176 e. The summed E-state index contributed by atoms with van der Waals surface area (Å²) >= 11 is 0. The maximum atomic E-state index is 5.91. The summed E-state index contributed by atoms with van der Waals surface area (Å²) in [7, 11) is 3.34. The normalized spacial score (nSPS) is 11.1. The minimum absolute atomic E-state index is 0.543. The van der Waals surface area contributed by atoms with Crippen molar-refractivity contribution in [3.05, 3.63) is 29.5 Å². The van der Waals surface area contributed by atoms with E-state index in [1.165, 1.54) is 0 Å². The van der Waals surface area contributed by atoms with E-state index in [-0.39, 0.29) is 0 Å². The zero-order valence-corrected chi connectivity index (χ0v) is 11.1. The van der Waals surface area contributed by atoms with Gasteiger partial charge in [-0.2, -0.15) is 0 Å². The fraction of sp³-hybridized carbons (Fsp3) is 0.429. The molecule has 0 aliphatic carbocycles.